The molecule has 0 saturated carbocycles. The Bertz CT molecular complexity index is 626. The molecule has 0 radical (unpaired) electrons. The molecule has 1 aliphatic rings. The molecule has 0 fully saturated rings. The van der Waals surface area contributed by atoms with E-state index in [9.17, 15) is 4.79 Å². The third-order valence-electron chi connectivity index (χ3n) is 3.67. The molecule has 1 atom stereocenters. The molecule has 1 aliphatic carbocycles. The largest absolute Gasteiger partial charge is 0.481 e. The summed E-state index contributed by atoms with van der Waals surface area (Å²) < 4.78 is 2.09. The minimum Gasteiger partial charge on any atom is -0.481 e. The van der Waals surface area contributed by atoms with Crippen molar-refractivity contribution in [2.45, 2.75) is 39.5 Å². The Morgan fingerprint density at radius 2 is 2.39 bits per heavy atom. The van der Waals surface area contributed by atoms with Crippen LogP contribution in [0.15, 0.2) is 0 Å². The average Bonchev–Trinajstić information content (AvgIpc) is 2.75. The summed E-state index contributed by atoms with van der Waals surface area (Å²) in [4.78, 5) is 17.8. The lowest BCUT2D eigenvalue weighted by Gasteiger charge is -2.18. The maximum absolute atomic E-state index is 11.0. The summed E-state index contributed by atoms with van der Waals surface area (Å²) in [5.74, 6) is -0.0612. The van der Waals surface area contributed by atoms with Gasteiger partial charge in [0.05, 0.1) is 17.8 Å². The molecule has 96 valence electrons. The second kappa shape index (κ2) is 4.09. The molecule has 5 heteroatoms. The van der Waals surface area contributed by atoms with Crippen molar-refractivity contribution in [3.05, 3.63) is 22.0 Å². The van der Waals surface area contributed by atoms with E-state index >= 15 is 0 Å². The third kappa shape index (κ3) is 1.73. The first-order valence-corrected chi connectivity index (χ1v) is 7.08. The molecular formula is C13H16N2O2S. The topological polar surface area (TPSA) is 54.6 Å². The quantitative estimate of drug-likeness (QED) is 0.906. The summed E-state index contributed by atoms with van der Waals surface area (Å²) in [5, 5.41) is 9.02. The van der Waals surface area contributed by atoms with Gasteiger partial charge >= 0.3 is 5.97 Å². The molecule has 0 spiro atoms. The zero-order valence-electron chi connectivity index (χ0n) is 10.6. The number of imidazole rings is 1. The van der Waals surface area contributed by atoms with Crippen LogP contribution < -0.4 is 0 Å². The van der Waals surface area contributed by atoms with Crippen molar-refractivity contribution in [3.63, 3.8) is 0 Å². The fourth-order valence-electron chi connectivity index (χ4n) is 2.74. The summed E-state index contributed by atoms with van der Waals surface area (Å²) in [6, 6.07) is 0. The number of rotatable bonds is 2. The van der Waals surface area contributed by atoms with Crippen LogP contribution >= 0.6 is 11.3 Å². The van der Waals surface area contributed by atoms with Crippen LogP contribution in [0.1, 0.15) is 35.3 Å². The maximum atomic E-state index is 11.0. The van der Waals surface area contributed by atoms with Crippen LogP contribution in [0.5, 0.6) is 0 Å². The number of carboxylic acids is 1. The Labute approximate surface area is 109 Å². The molecule has 2 aromatic heterocycles. The van der Waals surface area contributed by atoms with Gasteiger partial charge in [-0.3, -0.25) is 9.20 Å². The standard InChI is InChI=1S/C13H16N2O2S/c1-7-3-4-9-11(5-7)18-13-14-8(2)10(15(9)13)6-12(16)17/h7H,3-6H2,1-2H3,(H,16,17). The Morgan fingerprint density at radius 1 is 1.61 bits per heavy atom. The van der Waals surface area contributed by atoms with Crippen LogP contribution in [-0.2, 0) is 24.1 Å². The lowest BCUT2D eigenvalue weighted by atomic mass is 9.93. The molecule has 2 aromatic rings. The van der Waals surface area contributed by atoms with Gasteiger partial charge < -0.3 is 5.11 Å². The van der Waals surface area contributed by atoms with E-state index in [0.29, 0.717) is 0 Å². The number of thiazole rings is 1. The number of hydrogen-bond acceptors (Lipinski definition) is 3. The van der Waals surface area contributed by atoms with Crippen molar-refractivity contribution in [2.75, 3.05) is 0 Å². The Balaban J connectivity index is 2.17. The van der Waals surface area contributed by atoms with E-state index in [2.05, 4.69) is 16.3 Å². The van der Waals surface area contributed by atoms with E-state index in [1.165, 1.54) is 17.0 Å². The fraction of sp³-hybridized carbons (Fsp3) is 0.538. The molecule has 3 rings (SSSR count). The highest BCUT2D eigenvalue weighted by molar-refractivity contribution is 7.17. The molecule has 2 heterocycles. The predicted molar refractivity (Wildman–Crippen MR) is 70.3 cm³/mol. The highest BCUT2D eigenvalue weighted by Gasteiger charge is 2.24. The van der Waals surface area contributed by atoms with Gasteiger partial charge in [-0.15, -0.1) is 11.3 Å². The zero-order chi connectivity index (χ0) is 12.9. The van der Waals surface area contributed by atoms with E-state index in [0.717, 1.165) is 35.1 Å². The normalized spacial score (nSPS) is 19.1. The molecular weight excluding hydrogens is 248 g/mol. The Kier molecular flexibility index (Phi) is 2.66. The third-order valence-corrected chi connectivity index (χ3v) is 4.78. The summed E-state index contributed by atoms with van der Waals surface area (Å²) in [6.07, 6.45) is 3.39. The number of carboxylic acid groups (broad SMARTS) is 1. The van der Waals surface area contributed by atoms with Crippen molar-refractivity contribution in [2.24, 2.45) is 5.92 Å². The van der Waals surface area contributed by atoms with Crippen molar-refractivity contribution >= 4 is 22.3 Å². The van der Waals surface area contributed by atoms with Gasteiger partial charge in [-0.05, 0) is 32.1 Å². The van der Waals surface area contributed by atoms with Gasteiger partial charge in [0.1, 0.15) is 0 Å². The van der Waals surface area contributed by atoms with Gasteiger partial charge in [0, 0.05) is 10.6 Å². The fourth-order valence-corrected chi connectivity index (χ4v) is 4.13. The van der Waals surface area contributed by atoms with E-state index in [4.69, 9.17) is 5.11 Å². The average molecular weight is 264 g/mol. The van der Waals surface area contributed by atoms with Gasteiger partial charge in [-0.1, -0.05) is 6.92 Å². The van der Waals surface area contributed by atoms with Crippen molar-refractivity contribution < 1.29 is 9.90 Å². The number of nitrogens with zero attached hydrogens (tertiary/aromatic N) is 2. The first-order chi connectivity index (χ1) is 8.56. The maximum Gasteiger partial charge on any atom is 0.309 e. The first kappa shape index (κ1) is 11.7. The van der Waals surface area contributed by atoms with E-state index in [1.807, 2.05) is 6.92 Å². The number of aryl methyl sites for hydroxylation is 2. The monoisotopic (exact) mass is 264 g/mol. The number of fused-ring (bicyclic) bond motifs is 3. The molecule has 1 N–H and O–H groups in total. The summed E-state index contributed by atoms with van der Waals surface area (Å²) >= 11 is 1.72. The van der Waals surface area contributed by atoms with Crippen molar-refractivity contribution in [1.82, 2.24) is 9.38 Å². The number of aliphatic carboxylic acids is 1. The van der Waals surface area contributed by atoms with E-state index < -0.39 is 5.97 Å². The van der Waals surface area contributed by atoms with Crippen LogP contribution in [0.2, 0.25) is 0 Å². The molecule has 0 amide bonds. The first-order valence-electron chi connectivity index (χ1n) is 6.26. The van der Waals surface area contributed by atoms with Crippen LogP contribution in [0.3, 0.4) is 0 Å². The molecule has 0 bridgehead atoms. The highest BCUT2D eigenvalue weighted by atomic mass is 32.1. The molecule has 0 saturated heterocycles. The molecule has 0 aliphatic heterocycles. The second-order valence-electron chi connectivity index (χ2n) is 5.15. The lowest BCUT2D eigenvalue weighted by Crippen LogP contribution is -2.13. The van der Waals surface area contributed by atoms with Gasteiger partial charge in [0.15, 0.2) is 4.96 Å². The van der Waals surface area contributed by atoms with Crippen molar-refractivity contribution in [1.29, 1.82) is 0 Å². The van der Waals surface area contributed by atoms with Crippen LogP contribution in [0, 0.1) is 12.8 Å². The second-order valence-corrected chi connectivity index (χ2v) is 6.21. The van der Waals surface area contributed by atoms with Gasteiger partial charge in [0.25, 0.3) is 0 Å². The number of aromatic nitrogens is 2. The summed E-state index contributed by atoms with van der Waals surface area (Å²) in [7, 11) is 0. The van der Waals surface area contributed by atoms with Gasteiger partial charge in [-0.25, -0.2) is 4.98 Å². The minimum absolute atomic E-state index is 0.0612. The Hall–Kier alpha value is -1.36. The number of carbonyl (C=O) groups is 1. The van der Waals surface area contributed by atoms with Crippen LogP contribution in [-0.4, -0.2) is 20.5 Å². The number of hydrogen-bond donors (Lipinski definition) is 1. The van der Waals surface area contributed by atoms with Crippen molar-refractivity contribution in [3.8, 4) is 0 Å². The van der Waals surface area contributed by atoms with Gasteiger partial charge in [0.2, 0.25) is 0 Å². The molecule has 0 aromatic carbocycles. The zero-order valence-corrected chi connectivity index (χ0v) is 11.4. The van der Waals surface area contributed by atoms with Gasteiger partial charge in [-0.2, -0.15) is 0 Å². The predicted octanol–water partition coefficient (Wildman–Crippen LogP) is 2.46. The SMILES string of the molecule is Cc1nc2sc3c(n2c1CC(=O)O)CCC(C)C3. The Morgan fingerprint density at radius 3 is 3.11 bits per heavy atom. The van der Waals surface area contributed by atoms with E-state index in [-0.39, 0.29) is 6.42 Å². The lowest BCUT2D eigenvalue weighted by molar-refractivity contribution is -0.136. The highest BCUT2D eigenvalue weighted by Crippen LogP contribution is 2.34. The minimum atomic E-state index is -0.788. The smallest absolute Gasteiger partial charge is 0.309 e. The van der Waals surface area contributed by atoms with E-state index in [1.54, 1.807) is 11.3 Å². The summed E-state index contributed by atoms with van der Waals surface area (Å²) in [5.41, 5.74) is 3.00. The van der Waals surface area contributed by atoms with Crippen LogP contribution in [0.25, 0.3) is 4.96 Å². The summed E-state index contributed by atoms with van der Waals surface area (Å²) in [6.45, 7) is 4.17. The molecule has 4 nitrogen and oxygen atoms in total. The molecule has 18 heavy (non-hydrogen) atoms. The molecule has 1 unspecified atom stereocenters. The van der Waals surface area contributed by atoms with Crippen LogP contribution in [0.4, 0.5) is 0 Å².